The van der Waals surface area contributed by atoms with Crippen LogP contribution in [0.1, 0.15) is 23.1 Å². The molecule has 2 aromatic carbocycles. The number of esters is 1. The van der Waals surface area contributed by atoms with Crippen molar-refractivity contribution in [1.82, 2.24) is 0 Å². The molecule has 25 heavy (non-hydrogen) atoms. The lowest BCUT2D eigenvalue weighted by Crippen LogP contribution is -2.05. The molecule has 0 saturated heterocycles. The zero-order valence-corrected chi connectivity index (χ0v) is 14.8. The van der Waals surface area contributed by atoms with Crippen LogP contribution in [0.4, 0.5) is 0 Å². The highest BCUT2D eigenvalue weighted by atomic mass is 35.5. The Morgan fingerprint density at radius 1 is 1.20 bits per heavy atom. The van der Waals surface area contributed by atoms with Crippen molar-refractivity contribution in [2.75, 3.05) is 7.11 Å². The Morgan fingerprint density at radius 2 is 2.04 bits per heavy atom. The minimum atomic E-state index is -0.440. The number of aryl methyl sites for hydroxylation is 2. The maximum Gasteiger partial charge on any atom is 0.363 e. The molecule has 0 saturated carbocycles. The molecule has 5 heteroatoms. The minimum Gasteiger partial charge on any atom is -0.496 e. The van der Waals surface area contributed by atoms with Gasteiger partial charge in [-0.1, -0.05) is 35.4 Å². The monoisotopic (exact) mass is 355 g/mol. The lowest BCUT2D eigenvalue weighted by atomic mass is 10.1. The first kappa shape index (κ1) is 17.2. The van der Waals surface area contributed by atoms with E-state index in [0.717, 1.165) is 16.7 Å². The highest BCUT2D eigenvalue weighted by Crippen LogP contribution is 2.25. The largest absolute Gasteiger partial charge is 0.496 e. The van der Waals surface area contributed by atoms with E-state index < -0.39 is 5.97 Å². The molecule has 4 nitrogen and oxygen atoms in total. The van der Waals surface area contributed by atoms with Gasteiger partial charge in [-0.15, -0.1) is 0 Å². The maximum atomic E-state index is 12.1. The van der Waals surface area contributed by atoms with E-state index in [4.69, 9.17) is 21.1 Å². The molecule has 0 aliphatic carbocycles. The standard InChI is InChI=1S/C20H18ClNO3/c1-13-6-8-18(24-2)15(10-13)12-17-20(23)25-19(22-17)9-7-14-4-3-5-16(21)11-14/h3-6,8,10-12H,7,9H2,1-2H3/b17-12+. The second kappa shape index (κ2) is 7.53. The van der Waals surface area contributed by atoms with Gasteiger partial charge in [0.2, 0.25) is 0 Å². The summed E-state index contributed by atoms with van der Waals surface area (Å²) < 4.78 is 10.6. The van der Waals surface area contributed by atoms with Crippen LogP contribution in [0.15, 0.2) is 53.2 Å². The molecule has 0 atom stereocenters. The van der Waals surface area contributed by atoms with E-state index in [1.54, 1.807) is 13.2 Å². The Kier molecular flexibility index (Phi) is 5.19. The van der Waals surface area contributed by atoms with Crippen molar-refractivity contribution in [2.45, 2.75) is 19.8 Å². The molecular formula is C20H18ClNO3. The number of halogens is 1. The SMILES string of the molecule is COc1ccc(C)cc1/C=C1/N=C(CCc2cccc(Cl)c2)OC1=O. The molecule has 2 aromatic rings. The first-order valence-corrected chi connectivity index (χ1v) is 8.33. The predicted octanol–water partition coefficient (Wildman–Crippen LogP) is 4.59. The van der Waals surface area contributed by atoms with Gasteiger partial charge in [-0.2, -0.15) is 0 Å². The van der Waals surface area contributed by atoms with Gasteiger partial charge in [-0.3, -0.25) is 0 Å². The Labute approximate surface area is 151 Å². The summed E-state index contributed by atoms with van der Waals surface area (Å²) in [6, 6.07) is 13.4. The number of nitrogens with zero attached hydrogens (tertiary/aromatic N) is 1. The predicted molar refractivity (Wildman–Crippen MR) is 99.0 cm³/mol. The van der Waals surface area contributed by atoms with Gasteiger partial charge >= 0.3 is 5.97 Å². The summed E-state index contributed by atoms with van der Waals surface area (Å²) in [4.78, 5) is 16.4. The van der Waals surface area contributed by atoms with Crippen molar-refractivity contribution >= 4 is 29.5 Å². The number of hydrogen-bond donors (Lipinski definition) is 0. The van der Waals surface area contributed by atoms with Crippen LogP contribution in [0, 0.1) is 6.92 Å². The number of carbonyl (C=O) groups is 1. The van der Waals surface area contributed by atoms with Crippen molar-refractivity contribution < 1.29 is 14.3 Å². The Hall–Kier alpha value is -2.59. The number of hydrogen-bond acceptors (Lipinski definition) is 4. The number of carbonyl (C=O) groups excluding carboxylic acids is 1. The number of rotatable bonds is 5. The lowest BCUT2D eigenvalue weighted by molar-refractivity contribution is -0.130. The van der Waals surface area contributed by atoms with Crippen LogP contribution >= 0.6 is 11.6 Å². The minimum absolute atomic E-state index is 0.282. The van der Waals surface area contributed by atoms with Crippen molar-refractivity contribution in [3.63, 3.8) is 0 Å². The van der Waals surface area contributed by atoms with Crippen LogP contribution < -0.4 is 4.74 Å². The van der Waals surface area contributed by atoms with Gasteiger partial charge in [0.05, 0.1) is 7.11 Å². The smallest absolute Gasteiger partial charge is 0.363 e. The zero-order valence-electron chi connectivity index (χ0n) is 14.1. The molecule has 3 rings (SSSR count). The zero-order chi connectivity index (χ0) is 17.8. The molecule has 0 aromatic heterocycles. The second-order valence-electron chi connectivity index (χ2n) is 5.80. The topological polar surface area (TPSA) is 47.9 Å². The van der Waals surface area contributed by atoms with E-state index in [9.17, 15) is 4.79 Å². The van der Waals surface area contributed by atoms with Crippen molar-refractivity contribution in [2.24, 2.45) is 4.99 Å². The molecule has 0 amide bonds. The van der Waals surface area contributed by atoms with Crippen molar-refractivity contribution in [3.8, 4) is 5.75 Å². The molecule has 1 aliphatic rings. The van der Waals surface area contributed by atoms with Gasteiger partial charge in [0, 0.05) is 17.0 Å². The quantitative estimate of drug-likeness (QED) is 0.582. The maximum absolute atomic E-state index is 12.1. The van der Waals surface area contributed by atoms with E-state index in [0.29, 0.717) is 29.5 Å². The molecule has 0 bridgehead atoms. The van der Waals surface area contributed by atoms with Gasteiger partial charge in [0.15, 0.2) is 11.6 Å². The summed E-state index contributed by atoms with van der Waals surface area (Å²) >= 11 is 5.98. The van der Waals surface area contributed by atoms with Crippen LogP contribution in [0.3, 0.4) is 0 Å². The van der Waals surface area contributed by atoms with E-state index in [2.05, 4.69) is 4.99 Å². The van der Waals surface area contributed by atoms with Crippen LogP contribution in [0.25, 0.3) is 6.08 Å². The molecule has 0 N–H and O–H groups in total. The molecule has 0 fully saturated rings. The molecule has 0 spiro atoms. The molecule has 0 radical (unpaired) electrons. The average molecular weight is 356 g/mol. The third kappa shape index (κ3) is 4.28. The molecule has 1 aliphatic heterocycles. The first-order valence-electron chi connectivity index (χ1n) is 7.95. The van der Waals surface area contributed by atoms with Crippen LogP contribution in [-0.2, 0) is 16.0 Å². The fraction of sp³-hybridized carbons (Fsp3) is 0.200. The summed E-state index contributed by atoms with van der Waals surface area (Å²) in [6.07, 6.45) is 2.93. The number of methoxy groups -OCH3 is 1. The third-order valence-electron chi connectivity index (χ3n) is 3.86. The van der Waals surface area contributed by atoms with E-state index in [1.807, 2.05) is 49.4 Å². The first-order chi connectivity index (χ1) is 12.0. The van der Waals surface area contributed by atoms with Gasteiger partial charge in [-0.05, 0) is 49.2 Å². The Morgan fingerprint density at radius 3 is 2.80 bits per heavy atom. The number of aliphatic imine (C=N–C) groups is 1. The molecule has 128 valence electrons. The molecular weight excluding hydrogens is 338 g/mol. The van der Waals surface area contributed by atoms with Gasteiger partial charge in [-0.25, -0.2) is 9.79 Å². The van der Waals surface area contributed by atoms with Gasteiger partial charge in [0.25, 0.3) is 0 Å². The summed E-state index contributed by atoms with van der Waals surface area (Å²) in [5.74, 6) is 0.668. The fourth-order valence-electron chi connectivity index (χ4n) is 2.62. The summed E-state index contributed by atoms with van der Waals surface area (Å²) in [5.41, 5.74) is 3.23. The number of cyclic esters (lactones) is 1. The summed E-state index contributed by atoms with van der Waals surface area (Å²) in [7, 11) is 1.60. The van der Waals surface area contributed by atoms with Crippen molar-refractivity contribution in [3.05, 3.63) is 69.9 Å². The highest BCUT2D eigenvalue weighted by Gasteiger charge is 2.23. The lowest BCUT2D eigenvalue weighted by Gasteiger charge is -2.05. The average Bonchev–Trinajstić information content (AvgIpc) is 2.93. The third-order valence-corrected chi connectivity index (χ3v) is 4.09. The fourth-order valence-corrected chi connectivity index (χ4v) is 2.83. The Bertz CT molecular complexity index is 871. The normalized spacial score (nSPS) is 15.2. The molecule has 1 heterocycles. The van der Waals surface area contributed by atoms with E-state index in [-0.39, 0.29) is 5.70 Å². The van der Waals surface area contributed by atoms with Gasteiger partial charge in [0.1, 0.15) is 5.75 Å². The van der Waals surface area contributed by atoms with Crippen LogP contribution in [0.5, 0.6) is 5.75 Å². The van der Waals surface area contributed by atoms with Crippen LogP contribution in [-0.4, -0.2) is 19.0 Å². The number of benzene rings is 2. The van der Waals surface area contributed by atoms with E-state index in [1.165, 1.54) is 0 Å². The molecule has 0 unspecified atom stereocenters. The van der Waals surface area contributed by atoms with E-state index >= 15 is 0 Å². The number of ether oxygens (including phenoxy) is 2. The second-order valence-corrected chi connectivity index (χ2v) is 6.24. The highest BCUT2D eigenvalue weighted by molar-refractivity contribution is 6.30. The van der Waals surface area contributed by atoms with Crippen molar-refractivity contribution in [1.29, 1.82) is 0 Å². The summed E-state index contributed by atoms with van der Waals surface area (Å²) in [6.45, 7) is 1.98. The Balaban J connectivity index is 1.77. The van der Waals surface area contributed by atoms with Crippen LogP contribution in [0.2, 0.25) is 5.02 Å². The summed E-state index contributed by atoms with van der Waals surface area (Å²) in [5, 5.41) is 0.690. The van der Waals surface area contributed by atoms with Gasteiger partial charge < -0.3 is 9.47 Å².